The molecule has 0 saturated carbocycles. The van der Waals surface area contributed by atoms with Gasteiger partial charge in [-0.2, -0.15) is 0 Å². The van der Waals surface area contributed by atoms with E-state index < -0.39 is 17.6 Å². The van der Waals surface area contributed by atoms with E-state index in [1.807, 2.05) is 12.1 Å². The summed E-state index contributed by atoms with van der Waals surface area (Å²) in [6.45, 7) is 2.83. The Morgan fingerprint density at radius 2 is 1.87 bits per heavy atom. The SMILES string of the molecule is COc1cc(F)c(C2CC(=O)N(c3cccc(C4CCN(CCO)CC4)n3)C2)c(F)c1. The Morgan fingerprint density at radius 3 is 2.52 bits per heavy atom. The number of hydrogen-bond donors (Lipinski definition) is 1. The molecule has 1 N–H and O–H groups in total. The molecule has 8 heteroatoms. The smallest absolute Gasteiger partial charge is 0.228 e. The van der Waals surface area contributed by atoms with Crippen LogP contribution in [0.15, 0.2) is 30.3 Å². The van der Waals surface area contributed by atoms with Crippen LogP contribution < -0.4 is 9.64 Å². The van der Waals surface area contributed by atoms with Gasteiger partial charge in [-0.25, -0.2) is 13.8 Å². The third kappa shape index (κ3) is 4.55. The molecule has 1 aromatic heterocycles. The van der Waals surface area contributed by atoms with Crippen molar-refractivity contribution < 1.29 is 23.4 Å². The van der Waals surface area contributed by atoms with Gasteiger partial charge in [-0.3, -0.25) is 9.69 Å². The first kappa shape index (κ1) is 21.6. The number of carbonyl (C=O) groups is 1. The molecule has 6 nitrogen and oxygen atoms in total. The maximum atomic E-state index is 14.5. The lowest BCUT2D eigenvalue weighted by molar-refractivity contribution is -0.117. The third-order valence-electron chi connectivity index (χ3n) is 6.28. The zero-order chi connectivity index (χ0) is 22.0. The highest BCUT2D eigenvalue weighted by atomic mass is 19.1. The number of anilines is 1. The largest absolute Gasteiger partial charge is 0.497 e. The molecule has 0 radical (unpaired) electrons. The van der Waals surface area contributed by atoms with Crippen LogP contribution in [0.4, 0.5) is 14.6 Å². The van der Waals surface area contributed by atoms with E-state index >= 15 is 0 Å². The third-order valence-corrected chi connectivity index (χ3v) is 6.28. The van der Waals surface area contributed by atoms with E-state index in [4.69, 9.17) is 14.8 Å². The van der Waals surface area contributed by atoms with Crippen LogP contribution in [0, 0.1) is 11.6 Å². The first-order valence-corrected chi connectivity index (χ1v) is 10.6. The van der Waals surface area contributed by atoms with Crippen molar-refractivity contribution in [1.29, 1.82) is 0 Å². The number of aliphatic hydroxyl groups excluding tert-OH is 1. The number of piperidine rings is 1. The lowest BCUT2D eigenvalue weighted by Crippen LogP contribution is -2.35. The van der Waals surface area contributed by atoms with Crippen LogP contribution in [-0.2, 0) is 4.79 Å². The molecule has 31 heavy (non-hydrogen) atoms. The Bertz CT molecular complexity index is 924. The van der Waals surface area contributed by atoms with Gasteiger partial charge in [-0.05, 0) is 38.1 Å². The normalized spacial score (nSPS) is 20.5. The number of aromatic nitrogens is 1. The van der Waals surface area contributed by atoms with E-state index in [-0.39, 0.29) is 36.8 Å². The number of rotatable bonds is 6. The summed E-state index contributed by atoms with van der Waals surface area (Å²) in [5.41, 5.74) is 0.850. The minimum absolute atomic E-state index is 0.0334. The van der Waals surface area contributed by atoms with E-state index in [1.54, 1.807) is 6.07 Å². The fourth-order valence-corrected chi connectivity index (χ4v) is 4.60. The van der Waals surface area contributed by atoms with Gasteiger partial charge < -0.3 is 14.7 Å². The van der Waals surface area contributed by atoms with Gasteiger partial charge in [0.25, 0.3) is 0 Å². The molecule has 4 rings (SSSR count). The zero-order valence-electron chi connectivity index (χ0n) is 17.6. The number of benzene rings is 1. The number of carbonyl (C=O) groups excluding carboxylic acids is 1. The fraction of sp³-hybridized carbons (Fsp3) is 0.478. The van der Waals surface area contributed by atoms with E-state index in [2.05, 4.69) is 4.90 Å². The number of likely N-dealkylation sites (tertiary alicyclic amines) is 1. The highest BCUT2D eigenvalue weighted by Gasteiger charge is 2.36. The molecule has 0 spiro atoms. The second-order valence-corrected chi connectivity index (χ2v) is 8.17. The molecule has 2 aliphatic rings. The summed E-state index contributed by atoms with van der Waals surface area (Å²) in [6.07, 6.45) is 1.91. The van der Waals surface area contributed by atoms with Crippen molar-refractivity contribution in [1.82, 2.24) is 9.88 Å². The van der Waals surface area contributed by atoms with Crippen LogP contribution in [0.5, 0.6) is 5.75 Å². The number of hydrogen-bond acceptors (Lipinski definition) is 5. The minimum atomic E-state index is -0.701. The van der Waals surface area contributed by atoms with Crippen molar-refractivity contribution in [2.45, 2.75) is 31.1 Å². The second kappa shape index (κ2) is 9.28. The summed E-state index contributed by atoms with van der Waals surface area (Å²) < 4.78 is 33.9. The highest BCUT2D eigenvalue weighted by molar-refractivity contribution is 5.95. The standard InChI is InChI=1S/C23H27F2N3O3/c1-31-17-12-18(24)23(19(25)13-17)16-11-22(30)28(14-16)21-4-2-3-20(26-21)15-5-7-27(8-6-15)9-10-29/h2-4,12-13,15-16,29H,5-11,14H2,1H3. The topological polar surface area (TPSA) is 65.9 Å². The van der Waals surface area contributed by atoms with Crippen molar-refractivity contribution in [3.8, 4) is 5.75 Å². The maximum absolute atomic E-state index is 14.5. The number of ether oxygens (including phenoxy) is 1. The Balaban J connectivity index is 1.50. The Hall–Kier alpha value is -2.58. The number of methoxy groups -OCH3 is 1. The van der Waals surface area contributed by atoms with Crippen LogP contribution >= 0.6 is 0 Å². The molecular weight excluding hydrogens is 404 g/mol. The molecule has 2 saturated heterocycles. The fourth-order valence-electron chi connectivity index (χ4n) is 4.60. The average Bonchev–Trinajstić information content (AvgIpc) is 3.15. The Morgan fingerprint density at radius 1 is 1.16 bits per heavy atom. The first-order chi connectivity index (χ1) is 15.0. The van der Waals surface area contributed by atoms with Crippen molar-refractivity contribution in [3.63, 3.8) is 0 Å². The molecule has 1 unspecified atom stereocenters. The van der Waals surface area contributed by atoms with Crippen LogP contribution in [-0.4, -0.2) is 60.8 Å². The minimum Gasteiger partial charge on any atom is -0.497 e. The van der Waals surface area contributed by atoms with E-state index in [1.165, 1.54) is 12.0 Å². The molecular formula is C23H27F2N3O3. The van der Waals surface area contributed by atoms with Gasteiger partial charge in [-0.15, -0.1) is 0 Å². The van der Waals surface area contributed by atoms with Gasteiger partial charge in [-0.1, -0.05) is 6.07 Å². The van der Waals surface area contributed by atoms with Gasteiger partial charge in [0.1, 0.15) is 23.2 Å². The zero-order valence-corrected chi connectivity index (χ0v) is 17.6. The number of pyridine rings is 1. The van der Waals surface area contributed by atoms with Crippen LogP contribution in [0.3, 0.4) is 0 Å². The lowest BCUT2D eigenvalue weighted by Gasteiger charge is -2.31. The van der Waals surface area contributed by atoms with E-state index in [9.17, 15) is 13.6 Å². The summed E-state index contributed by atoms with van der Waals surface area (Å²) in [5, 5.41) is 9.10. The average molecular weight is 431 g/mol. The summed E-state index contributed by atoms with van der Waals surface area (Å²) in [6, 6.07) is 7.91. The van der Waals surface area contributed by atoms with Crippen molar-refractivity contribution in [2.24, 2.45) is 0 Å². The molecule has 0 aliphatic carbocycles. The van der Waals surface area contributed by atoms with Gasteiger partial charge in [0.05, 0.1) is 13.7 Å². The molecule has 1 aromatic carbocycles. The quantitative estimate of drug-likeness (QED) is 0.762. The maximum Gasteiger partial charge on any atom is 0.228 e. The molecule has 0 bridgehead atoms. The van der Waals surface area contributed by atoms with Crippen LogP contribution in [0.25, 0.3) is 0 Å². The van der Waals surface area contributed by atoms with Gasteiger partial charge >= 0.3 is 0 Å². The molecule has 2 aliphatic heterocycles. The lowest BCUT2D eigenvalue weighted by atomic mass is 9.93. The number of nitrogens with zero attached hydrogens (tertiary/aromatic N) is 3. The predicted molar refractivity (Wildman–Crippen MR) is 112 cm³/mol. The summed E-state index contributed by atoms with van der Waals surface area (Å²) in [5.74, 6) is -1.25. The van der Waals surface area contributed by atoms with Gasteiger partial charge in [0, 0.05) is 54.7 Å². The summed E-state index contributed by atoms with van der Waals surface area (Å²) in [4.78, 5) is 21.2. The first-order valence-electron chi connectivity index (χ1n) is 10.6. The molecule has 1 atom stereocenters. The molecule has 166 valence electrons. The Kier molecular flexibility index (Phi) is 6.48. The second-order valence-electron chi connectivity index (χ2n) is 8.17. The summed E-state index contributed by atoms with van der Waals surface area (Å²) >= 11 is 0. The number of halogens is 2. The van der Waals surface area contributed by atoms with E-state index in [0.29, 0.717) is 18.3 Å². The Labute approximate surface area is 180 Å². The molecule has 3 heterocycles. The van der Waals surface area contributed by atoms with Crippen molar-refractivity contribution >= 4 is 11.7 Å². The van der Waals surface area contributed by atoms with Gasteiger partial charge in [0.15, 0.2) is 0 Å². The van der Waals surface area contributed by atoms with E-state index in [0.717, 1.165) is 43.8 Å². The molecule has 2 aromatic rings. The van der Waals surface area contributed by atoms with Crippen molar-refractivity contribution in [2.75, 3.05) is 44.8 Å². The molecule has 2 fully saturated rings. The molecule has 1 amide bonds. The van der Waals surface area contributed by atoms with Gasteiger partial charge in [0.2, 0.25) is 5.91 Å². The van der Waals surface area contributed by atoms with Crippen molar-refractivity contribution in [3.05, 3.63) is 53.2 Å². The number of β-amino-alcohol motifs (C(OH)–C–C–N with tert-alkyl or cyclic N) is 1. The van der Waals surface area contributed by atoms with Crippen LogP contribution in [0.1, 0.15) is 42.4 Å². The number of amides is 1. The number of aliphatic hydroxyl groups is 1. The monoisotopic (exact) mass is 431 g/mol. The predicted octanol–water partition coefficient (Wildman–Crippen LogP) is 3.06. The highest BCUT2D eigenvalue weighted by Crippen LogP contribution is 2.36. The summed E-state index contributed by atoms with van der Waals surface area (Å²) in [7, 11) is 1.35. The van der Waals surface area contributed by atoms with Crippen LogP contribution in [0.2, 0.25) is 0 Å².